The van der Waals surface area contributed by atoms with E-state index in [1.165, 1.54) is 0 Å². The molecule has 0 radical (unpaired) electrons. The summed E-state index contributed by atoms with van der Waals surface area (Å²) in [5, 5.41) is 0. The summed E-state index contributed by atoms with van der Waals surface area (Å²) < 4.78 is 5.57. The van der Waals surface area contributed by atoms with E-state index in [9.17, 15) is 0 Å². The fourth-order valence-corrected chi connectivity index (χ4v) is 1.36. The lowest BCUT2D eigenvalue weighted by molar-refractivity contribution is 0.227. The Kier molecular flexibility index (Phi) is 3.19. The van der Waals surface area contributed by atoms with Crippen LogP contribution in [0.15, 0.2) is 16.8 Å². The van der Waals surface area contributed by atoms with Gasteiger partial charge < -0.3 is 10.5 Å². The van der Waals surface area contributed by atoms with Crippen LogP contribution in [-0.2, 0) is 4.74 Å². The van der Waals surface area contributed by atoms with Gasteiger partial charge in [0.05, 0.1) is 6.61 Å². The van der Waals surface area contributed by atoms with Crippen LogP contribution in [-0.4, -0.2) is 19.0 Å². The summed E-state index contributed by atoms with van der Waals surface area (Å²) in [5.41, 5.74) is 6.59. The van der Waals surface area contributed by atoms with Gasteiger partial charge >= 0.3 is 0 Å². The van der Waals surface area contributed by atoms with E-state index in [0.29, 0.717) is 5.92 Å². The second-order valence-electron chi connectivity index (χ2n) is 4.89. The van der Waals surface area contributed by atoms with Gasteiger partial charge in [-0.3, -0.25) is 4.99 Å². The molecular weight excluding hydrogens is 176 g/mol. The zero-order valence-electron chi connectivity index (χ0n) is 9.50. The van der Waals surface area contributed by atoms with Gasteiger partial charge in [-0.1, -0.05) is 27.7 Å². The van der Waals surface area contributed by atoms with Crippen LogP contribution in [0.5, 0.6) is 0 Å². The summed E-state index contributed by atoms with van der Waals surface area (Å²) in [5.74, 6) is 1.23. The van der Waals surface area contributed by atoms with Crippen LogP contribution in [0.2, 0.25) is 0 Å². The van der Waals surface area contributed by atoms with Gasteiger partial charge in [-0.25, -0.2) is 0 Å². The molecule has 80 valence electrons. The molecule has 0 aliphatic carbocycles. The number of hydrogen-bond donors (Lipinski definition) is 1. The molecule has 3 nitrogen and oxygen atoms in total. The third kappa shape index (κ3) is 2.50. The summed E-state index contributed by atoms with van der Waals surface area (Å²) >= 11 is 0. The lowest BCUT2D eigenvalue weighted by Gasteiger charge is -2.27. The molecular formula is C11H20N2O. The number of hydrogen-bond acceptors (Lipinski definition) is 3. The SMILES string of the molecule is CC1CN=C(/C(=C\N)C(C)(C)C)OC1. The molecule has 0 aromatic heterocycles. The van der Waals surface area contributed by atoms with Gasteiger partial charge in [-0.2, -0.15) is 0 Å². The number of rotatable bonds is 1. The minimum Gasteiger partial charge on any atom is -0.477 e. The van der Waals surface area contributed by atoms with Crippen molar-refractivity contribution in [2.75, 3.05) is 13.2 Å². The van der Waals surface area contributed by atoms with Crippen molar-refractivity contribution < 1.29 is 4.74 Å². The van der Waals surface area contributed by atoms with Crippen molar-refractivity contribution in [2.45, 2.75) is 27.7 Å². The van der Waals surface area contributed by atoms with Gasteiger partial charge in [-0.05, 0) is 5.41 Å². The van der Waals surface area contributed by atoms with Gasteiger partial charge in [0.25, 0.3) is 0 Å². The molecule has 1 unspecified atom stereocenters. The van der Waals surface area contributed by atoms with Crippen LogP contribution >= 0.6 is 0 Å². The lowest BCUT2D eigenvalue weighted by Crippen LogP contribution is -2.28. The molecule has 0 bridgehead atoms. The molecule has 1 aliphatic rings. The second-order valence-corrected chi connectivity index (χ2v) is 4.89. The summed E-state index contributed by atoms with van der Waals surface area (Å²) in [6, 6.07) is 0. The molecule has 0 spiro atoms. The minimum atomic E-state index is -0.00579. The van der Waals surface area contributed by atoms with Gasteiger partial charge in [0.2, 0.25) is 5.90 Å². The topological polar surface area (TPSA) is 47.6 Å². The first-order valence-electron chi connectivity index (χ1n) is 5.05. The molecule has 1 aliphatic heterocycles. The lowest BCUT2D eigenvalue weighted by atomic mass is 9.86. The van der Waals surface area contributed by atoms with Crippen LogP contribution in [0.3, 0.4) is 0 Å². The second kappa shape index (κ2) is 4.03. The summed E-state index contributed by atoms with van der Waals surface area (Å²) in [7, 11) is 0. The van der Waals surface area contributed by atoms with Crippen molar-refractivity contribution in [3.8, 4) is 0 Å². The molecule has 0 amide bonds. The van der Waals surface area contributed by atoms with E-state index in [0.717, 1.165) is 24.6 Å². The molecule has 3 heteroatoms. The number of aliphatic imine (C=N–C) groups is 1. The Morgan fingerprint density at radius 2 is 2.21 bits per heavy atom. The van der Waals surface area contributed by atoms with E-state index in [-0.39, 0.29) is 5.41 Å². The van der Waals surface area contributed by atoms with E-state index >= 15 is 0 Å². The minimum absolute atomic E-state index is 0.00579. The quantitative estimate of drug-likeness (QED) is 0.696. The molecule has 0 saturated carbocycles. The van der Waals surface area contributed by atoms with E-state index in [4.69, 9.17) is 10.5 Å². The largest absolute Gasteiger partial charge is 0.477 e. The Morgan fingerprint density at radius 3 is 2.57 bits per heavy atom. The monoisotopic (exact) mass is 196 g/mol. The van der Waals surface area contributed by atoms with Gasteiger partial charge in [0, 0.05) is 24.2 Å². The normalized spacial score (nSPS) is 24.1. The van der Waals surface area contributed by atoms with Crippen LogP contribution < -0.4 is 5.73 Å². The maximum atomic E-state index is 5.60. The highest BCUT2D eigenvalue weighted by atomic mass is 16.5. The molecule has 1 atom stereocenters. The maximum absolute atomic E-state index is 5.60. The highest BCUT2D eigenvalue weighted by molar-refractivity contribution is 5.94. The molecule has 0 aromatic rings. The van der Waals surface area contributed by atoms with E-state index in [1.54, 1.807) is 6.20 Å². The average molecular weight is 196 g/mol. The molecule has 0 aromatic carbocycles. The van der Waals surface area contributed by atoms with E-state index < -0.39 is 0 Å². The van der Waals surface area contributed by atoms with Gasteiger partial charge in [0.1, 0.15) is 0 Å². The van der Waals surface area contributed by atoms with E-state index in [1.807, 2.05) is 0 Å². The highest BCUT2D eigenvalue weighted by Crippen LogP contribution is 2.27. The highest BCUT2D eigenvalue weighted by Gasteiger charge is 2.25. The molecule has 0 saturated heterocycles. The predicted octanol–water partition coefficient (Wildman–Crippen LogP) is 1.94. The fraction of sp³-hybridized carbons (Fsp3) is 0.727. The predicted molar refractivity (Wildman–Crippen MR) is 59.1 cm³/mol. The van der Waals surface area contributed by atoms with Crippen LogP contribution in [0, 0.1) is 11.3 Å². The number of nitrogens with two attached hydrogens (primary N) is 1. The zero-order valence-corrected chi connectivity index (χ0v) is 9.50. The Hall–Kier alpha value is -0.990. The van der Waals surface area contributed by atoms with Crippen molar-refractivity contribution in [2.24, 2.45) is 22.1 Å². The zero-order chi connectivity index (χ0) is 10.8. The molecule has 1 rings (SSSR count). The van der Waals surface area contributed by atoms with Gasteiger partial charge in [0.15, 0.2) is 0 Å². The van der Waals surface area contributed by atoms with Gasteiger partial charge in [-0.15, -0.1) is 0 Å². The summed E-state index contributed by atoms with van der Waals surface area (Å²) in [6.07, 6.45) is 1.61. The molecule has 2 N–H and O–H groups in total. The first kappa shape index (κ1) is 11.1. The van der Waals surface area contributed by atoms with Crippen LogP contribution in [0.1, 0.15) is 27.7 Å². The summed E-state index contributed by atoms with van der Waals surface area (Å²) in [4.78, 5) is 4.39. The van der Waals surface area contributed by atoms with Crippen molar-refractivity contribution in [3.63, 3.8) is 0 Å². The molecule has 1 heterocycles. The number of ether oxygens (including phenoxy) is 1. The Labute approximate surface area is 86.0 Å². The van der Waals surface area contributed by atoms with Crippen molar-refractivity contribution >= 4 is 5.90 Å². The Balaban J connectivity index is 2.83. The fourth-order valence-electron chi connectivity index (χ4n) is 1.36. The summed E-state index contributed by atoms with van der Waals surface area (Å²) in [6.45, 7) is 10.0. The third-order valence-electron chi connectivity index (χ3n) is 2.26. The number of nitrogens with zero attached hydrogens (tertiary/aromatic N) is 1. The smallest absolute Gasteiger partial charge is 0.213 e. The first-order valence-corrected chi connectivity index (χ1v) is 5.05. The molecule has 14 heavy (non-hydrogen) atoms. The standard InChI is InChI=1S/C11H20N2O/c1-8-6-13-10(14-7-8)9(5-12)11(2,3)4/h5,8H,6-7,12H2,1-4H3/b9-5+. The van der Waals surface area contributed by atoms with Crippen molar-refractivity contribution in [3.05, 3.63) is 11.8 Å². The average Bonchev–Trinajstić information content (AvgIpc) is 2.07. The first-order chi connectivity index (χ1) is 6.45. The molecule has 0 fully saturated rings. The Bertz CT molecular complexity index is 261. The van der Waals surface area contributed by atoms with Crippen LogP contribution in [0.25, 0.3) is 0 Å². The maximum Gasteiger partial charge on any atom is 0.213 e. The van der Waals surface area contributed by atoms with E-state index in [2.05, 4.69) is 32.7 Å². The van der Waals surface area contributed by atoms with Crippen molar-refractivity contribution in [1.29, 1.82) is 0 Å². The van der Waals surface area contributed by atoms with Crippen LogP contribution in [0.4, 0.5) is 0 Å². The Morgan fingerprint density at radius 1 is 1.57 bits per heavy atom. The van der Waals surface area contributed by atoms with Crippen molar-refractivity contribution in [1.82, 2.24) is 0 Å². The third-order valence-corrected chi connectivity index (χ3v) is 2.26.